The summed E-state index contributed by atoms with van der Waals surface area (Å²) < 4.78 is 10.0. The van der Waals surface area contributed by atoms with Gasteiger partial charge in [0.1, 0.15) is 5.58 Å². The second-order valence-corrected chi connectivity index (χ2v) is 8.27. The molecule has 0 spiro atoms. The van der Waals surface area contributed by atoms with Gasteiger partial charge < -0.3 is 8.82 Å². The van der Waals surface area contributed by atoms with Crippen molar-refractivity contribution < 1.29 is 4.42 Å². The average Bonchev–Trinajstić information content (AvgIpc) is 3.35. The monoisotopic (exact) mass is 457 g/mol. The van der Waals surface area contributed by atoms with Gasteiger partial charge in [0.2, 0.25) is 0 Å². The fraction of sp³-hybridized carbons (Fsp3) is 0. The molecular formula is C24H12INO. The first-order valence-corrected chi connectivity index (χ1v) is 10.1. The van der Waals surface area contributed by atoms with Crippen molar-refractivity contribution in [2.45, 2.75) is 0 Å². The van der Waals surface area contributed by atoms with E-state index in [-0.39, 0.29) is 0 Å². The van der Waals surface area contributed by atoms with Gasteiger partial charge in [-0.1, -0.05) is 54.6 Å². The minimum absolute atomic E-state index is 0.977. The summed E-state index contributed by atoms with van der Waals surface area (Å²) in [4.78, 5) is 0. The van der Waals surface area contributed by atoms with Crippen molar-refractivity contribution in [1.29, 1.82) is 0 Å². The molecule has 0 unspecified atom stereocenters. The van der Waals surface area contributed by atoms with Crippen LogP contribution in [0.1, 0.15) is 0 Å². The Morgan fingerprint density at radius 2 is 1.19 bits per heavy atom. The summed E-state index contributed by atoms with van der Waals surface area (Å²) in [7, 11) is 0. The molecule has 0 radical (unpaired) electrons. The molecule has 3 heterocycles. The summed E-state index contributed by atoms with van der Waals surface area (Å²) in [5.41, 5.74) is 5.65. The van der Waals surface area contributed by atoms with Gasteiger partial charge in [-0.3, -0.25) is 0 Å². The minimum Gasteiger partial charge on any atom is -0.453 e. The van der Waals surface area contributed by atoms with Gasteiger partial charge in [-0.15, -0.1) is 0 Å². The van der Waals surface area contributed by atoms with Gasteiger partial charge in [0.15, 0.2) is 5.58 Å². The zero-order chi connectivity index (χ0) is 17.7. The van der Waals surface area contributed by atoms with Crippen LogP contribution in [0.15, 0.2) is 77.2 Å². The summed E-state index contributed by atoms with van der Waals surface area (Å²) in [5, 5.41) is 7.50. The topological polar surface area (TPSA) is 17.6 Å². The smallest absolute Gasteiger partial charge is 0.160 e. The molecule has 126 valence electrons. The van der Waals surface area contributed by atoms with Crippen LogP contribution in [0.3, 0.4) is 0 Å². The fourth-order valence-electron chi connectivity index (χ4n) is 4.72. The minimum atomic E-state index is 0.977. The van der Waals surface area contributed by atoms with Gasteiger partial charge >= 0.3 is 0 Å². The van der Waals surface area contributed by atoms with Crippen molar-refractivity contribution >= 4 is 82.6 Å². The number of para-hydroxylation sites is 3. The first-order chi connectivity index (χ1) is 13.3. The van der Waals surface area contributed by atoms with E-state index in [1.54, 1.807) is 0 Å². The molecule has 0 aliphatic carbocycles. The van der Waals surface area contributed by atoms with Gasteiger partial charge in [-0.25, -0.2) is 0 Å². The summed E-state index contributed by atoms with van der Waals surface area (Å²) in [6, 6.07) is 26.1. The fourth-order valence-corrected chi connectivity index (χ4v) is 5.33. The van der Waals surface area contributed by atoms with Crippen molar-refractivity contribution in [3.63, 3.8) is 0 Å². The molecule has 2 nitrogen and oxygen atoms in total. The molecule has 0 N–H and O–H groups in total. The Hall–Kier alpha value is -2.79. The van der Waals surface area contributed by atoms with E-state index < -0.39 is 0 Å². The van der Waals surface area contributed by atoms with Crippen LogP contribution < -0.4 is 0 Å². The molecule has 3 aromatic heterocycles. The third kappa shape index (κ3) is 1.58. The number of halogens is 1. The van der Waals surface area contributed by atoms with E-state index >= 15 is 0 Å². The first kappa shape index (κ1) is 14.3. The third-order valence-electron chi connectivity index (χ3n) is 5.80. The molecule has 0 bridgehead atoms. The van der Waals surface area contributed by atoms with Crippen LogP contribution in [-0.4, -0.2) is 4.40 Å². The van der Waals surface area contributed by atoms with E-state index in [0.29, 0.717) is 0 Å². The second-order valence-electron chi connectivity index (χ2n) is 7.11. The first-order valence-electron chi connectivity index (χ1n) is 8.99. The van der Waals surface area contributed by atoms with Crippen LogP contribution >= 0.6 is 22.6 Å². The summed E-state index contributed by atoms with van der Waals surface area (Å²) in [6.07, 6.45) is 0. The van der Waals surface area contributed by atoms with E-state index in [1.165, 1.54) is 48.9 Å². The SMILES string of the molecule is Ic1cccc2c1oc1c2ccc2c3cccc4c5ccccc5n(c43)c21. The van der Waals surface area contributed by atoms with Gasteiger partial charge in [0.05, 0.1) is 20.1 Å². The lowest BCUT2D eigenvalue weighted by molar-refractivity contribution is 0.669. The van der Waals surface area contributed by atoms with E-state index in [0.717, 1.165) is 14.7 Å². The number of rotatable bonds is 0. The lowest BCUT2D eigenvalue weighted by Gasteiger charge is -1.98. The quantitative estimate of drug-likeness (QED) is 0.218. The Morgan fingerprint density at radius 1 is 0.556 bits per heavy atom. The van der Waals surface area contributed by atoms with Crippen molar-refractivity contribution in [2.24, 2.45) is 0 Å². The molecule has 27 heavy (non-hydrogen) atoms. The van der Waals surface area contributed by atoms with Crippen LogP contribution in [-0.2, 0) is 0 Å². The molecule has 0 atom stereocenters. The Balaban J connectivity index is 1.90. The third-order valence-corrected chi connectivity index (χ3v) is 6.65. The largest absolute Gasteiger partial charge is 0.453 e. The second kappa shape index (κ2) is 4.73. The predicted molar refractivity (Wildman–Crippen MR) is 121 cm³/mol. The molecule has 0 fully saturated rings. The highest BCUT2D eigenvalue weighted by molar-refractivity contribution is 14.1. The van der Waals surface area contributed by atoms with Crippen molar-refractivity contribution in [2.75, 3.05) is 0 Å². The van der Waals surface area contributed by atoms with Crippen LogP contribution in [0.4, 0.5) is 0 Å². The average molecular weight is 457 g/mol. The summed E-state index contributed by atoms with van der Waals surface area (Å²) in [5.74, 6) is 0. The Bertz CT molecular complexity index is 1690. The molecule has 0 saturated heterocycles. The Kier molecular flexibility index (Phi) is 2.50. The highest BCUT2D eigenvalue weighted by atomic mass is 127. The zero-order valence-corrected chi connectivity index (χ0v) is 16.3. The lowest BCUT2D eigenvalue weighted by atomic mass is 10.1. The molecule has 7 rings (SSSR count). The molecule has 0 saturated carbocycles. The van der Waals surface area contributed by atoms with Crippen LogP contribution in [0.5, 0.6) is 0 Å². The highest BCUT2D eigenvalue weighted by Gasteiger charge is 2.21. The van der Waals surface area contributed by atoms with E-state index in [1.807, 2.05) is 0 Å². The van der Waals surface area contributed by atoms with Crippen molar-refractivity contribution in [3.05, 3.63) is 76.4 Å². The molecular weight excluding hydrogens is 445 g/mol. The van der Waals surface area contributed by atoms with Crippen LogP contribution in [0, 0.1) is 3.57 Å². The van der Waals surface area contributed by atoms with Crippen molar-refractivity contribution in [1.82, 2.24) is 4.40 Å². The highest BCUT2D eigenvalue weighted by Crippen LogP contribution is 2.43. The van der Waals surface area contributed by atoms with E-state index in [2.05, 4.69) is 99.8 Å². The predicted octanol–water partition coefficient (Wildman–Crippen LogP) is 7.34. The van der Waals surface area contributed by atoms with Gasteiger partial charge in [0, 0.05) is 32.3 Å². The Labute approximate surface area is 167 Å². The van der Waals surface area contributed by atoms with Gasteiger partial charge in [-0.05, 0) is 40.8 Å². The summed E-state index contributed by atoms with van der Waals surface area (Å²) >= 11 is 2.36. The number of benzene rings is 4. The Morgan fingerprint density at radius 3 is 2.11 bits per heavy atom. The maximum atomic E-state index is 6.48. The zero-order valence-electron chi connectivity index (χ0n) is 14.2. The van der Waals surface area contributed by atoms with Gasteiger partial charge in [-0.2, -0.15) is 0 Å². The number of hydrogen-bond donors (Lipinski definition) is 0. The number of fused-ring (bicyclic) bond motifs is 10. The molecule has 4 aromatic carbocycles. The van der Waals surface area contributed by atoms with Crippen molar-refractivity contribution in [3.8, 4) is 0 Å². The molecule has 3 heteroatoms. The molecule has 0 aliphatic heterocycles. The standard InChI is InChI=1S/C24H12INO/c25-19-9-4-8-17-18-12-11-16-15-7-3-6-14-13-5-1-2-10-20(13)26(21(14)15)22(16)24(18)27-23(17)19/h1-12H. The van der Waals surface area contributed by atoms with E-state index in [9.17, 15) is 0 Å². The number of nitrogens with zero attached hydrogens (tertiary/aromatic N) is 1. The number of hydrogen-bond acceptors (Lipinski definition) is 1. The molecule has 7 aromatic rings. The number of furan rings is 1. The van der Waals surface area contributed by atoms with Gasteiger partial charge in [0.25, 0.3) is 0 Å². The van der Waals surface area contributed by atoms with Crippen LogP contribution in [0.25, 0.3) is 60.0 Å². The normalized spacial score (nSPS) is 12.6. The maximum Gasteiger partial charge on any atom is 0.160 e. The summed E-state index contributed by atoms with van der Waals surface area (Å²) in [6.45, 7) is 0. The number of aromatic nitrogens is 1. The maximum absolute atomic E-state index is 6.48. The lowest BCUT2D eigenvalue weighted by Crippen LogP contribution is -1.80. The molecule has 0 aliphatic rings. The van der Waals surface area contributed by atoms with E-state index in [4.69, 9.17) is 4.42 Å². The van der Waals surface area contributed by atoms with Crippen LogP contribution in [0.2, 0.25) is 0 Å². The molecule has 0 amide bonds.